The second-order valence-electron chi connectivity index (χ2n) is 4.59. The molecule has 2 rings (SSSR count). The Morgan fingerprint density at radius 2 is 2.22 bits per heavy atom. The maximum Gasteiger partial charge on any atom is 0.410 e. The summed E-state index contributed by atoms with van der Waals surface area (Å²) in [4.78, 5) is 13.8. The van der Waals surface area contributed by atoms with Crippen molar-refractivity contribution < 1.29 is 9.53 Å². The molecule has 1 aromatic rings. The highest BCUT2D eigenvalue weighted by Gasteiger charge is 2.29. The van der Waals surface area contributed by atoms with Crippen LogP contribution in [-0.2, 0) is 11.3 Å². The fourth-order valence-electron chi connectivity index (χ4n) is 2.33. The van der Waals surface area contributed by atoms with E-state index in [-0.39, 0.29) is 12.1 Å². The highest BCUT2D eigenvalue weighted by molar-refractivity contribution is 5.68. The number of likely N-dealkylation sites (N-methyl/N-ethyl adjacent to an activating group) is 1. The molecule has 1 saturated heterocycles. The molecule has 0 unspecified atom stereocenters. The first-order chi connectivity index (χ1) is 8.81. The molecule has 98 valence electrons. The molecule has 1 heterocycles. The van der Waals surface area contributed by atoms with Gasteiger partial charge in [-0.3, -0.25) is 0 Å². The van der Waals surface area contributed by atoms with E-state index in [1.54, 1.807) is 0 Å². The summed E-state index contributed by atoms with van der Waals surface area (Å²) in [6, 6.07) is 10.0. The van der Waals surface area contributed by atoms with Crippen LogP contribution in [0, 0.1) is 0 Å². The van der Waals surface area contributed by atoms with Crippen LogP contribution in [0.3, 0.4) is 0 Å². The average Bonchev–Trinajstić information content (AvgIpc) is 2.86. The molecule has 1 aromatic carbocycles. The predicted octanol–water partition coefficient (Wildman–Crippen LogP) is 2.01. The fraction of sp³-hybridized carbons (Fsp3) is 0.500. The lowest BCUT2D eigenvalue weighted by atomic mass is 10.2. The normalized spacial score (nSPS) is 18.9. The van der Waals surface area contributed by atoms with Gasteiger partial charge in [0.25, 0.3) is 0 Å². The number of amides is 1. The molecule has 0 aromatic heterocycles. The zero-order valence-corrected chi connectivity index (χ0v) is 10.8. The van der Waals surface area contributed by atoms with Crippen LogP contribution < -0.4 is 5.32 Å². The van der Waals surface area contributed by atoms with Gasteiger partial charge in [-0.2, -0.15) is 0 Å². The number of ether oxygens (including phenoxy) is 1. The number of likely N-dealkylation sites (tertiary alicyclic amines) is 1. The van der Waals surface area contributed by atoms with E-state index in [0.717, 1.165) is 31.5 Å². The van der Waals surface area contributed by atoms with Gasteiger partial charge in [-0.1, -0.05) is 30.3 Å². The van der Waals surface area contributed by atoms with E-state index in [1.807, 2.05) is 42.3 Å². The molecule has 1 aliphatic heterocycles. The number of benzene rings is 1. The Kier molecular flexibility index (Phi) is 4.59. The van der Waals surface area contributed by atoms with E-state index in [1.165, 1.54) is 0 Å². The summed E-state index contributed by atoms with van der Waals surface area (Å²) in [6.45, 7) is 1.99. The van der Waals surface area contributed by atoms with Crippen LogP contribution in [0.2, 0.25) is 0 Å². The average molecular weight is 248 g/mol. The first-order valence-corrected chi connectivity index (χ1v) is 6.43. The maximum absolute atomic E-state index is 12.0. The molecule has 0 radical (unpaired) electrons. The highest BCUT2D eigenvalue weighted by Crippen LogP contribution is 2.18. The fourth-order valence-corrected chi connectivity index (χ4v) is 2.33. The van der Waals surface area contributed by atoms with E-state index in [4.69, 9.17) is 4.74 Å². The van der Waals surface area contributed by atoms with Crippen molar-refractivity contribution in [3.8, 4) is 0 Å². The molecule has 0 aliphatic carbocycles. The Balaban J connectivity index is 1.84. The summed E-state index contributed by atoms with van der Waals surface area (Å²) < 4.78 is 5.35. The summed E-state index contributed by atoms with van der Waals surface area (Å²) >= 11 is 0. The van der Waals surface area contributed by atoms with E-state index >= 15 is 0 Å². The third kappa shape index (κ3) is 3.23. The smallest absolute Gasteiger partial charge is 0.410 e. The first kappa shape index (κ1) is 12.9. The van der Waals surface area contributed by atoms with Crippen LogP contribution in [-0.4, -0.2) is 37.2 Å². The molecule has 4 heteroatoms. The highest BCUT2D eigenvalue weighted by atomic mass is 16.6. The molecule has 1 fully saturated rings. The van der Waals surface area contributed by atoms with Crippen LogP contribution in [0.5, 0.6) is 0 Å². The van der Waals surface area contributed by atoms with Gasteiger partial charge in [0.15, 0.2) is 0 Å². The minimum Gasteiger partial charge on any atom is -0.445 e. The van der Waals surface area contributed by atoms with Gasteiger partial charge in [0.1, 0.15) is 6.61 Å². The van der Waals surface area contributed by atoms with E-state index in [2.05, 4.69) is 5.32 Å². The molecule has 0 bridgehead atoms. The molecule has 1 amide bonds. The Morgan fingerprint density at radius 3 is 2.94 bits per heavy atom. The second-order valence-corrected chi connectivity index (χ2v) is 4.59. The molecule has 1 atom stereocenters. The summed E-state index contributed by atoms with van der Waals surface area (Å²) in [5, 5.41) is 3.12. The van der Waals surface area contributed by atoms with E-state index in [0.29, 0.717) is 6.61 Å². The lowest BCUT2D eigenvalue weighted by Crippen LogP contribution is -2.41. The van der Waals surface area contributed by atoms with Crippen molar-refractivity contribution in [3.05, 3.63) is 35.9 Å². The van der Waals surface area contributed by atoms with Gasteiger partial charge >= 0.3 is 6.09 Å². The number of rotatable bonds is 4. The van der Waals surface area contributed by atoms with Crippen LogP contribution in [0.1, 0.15) is 18.4 Å². The van der Waals surface area contributed by atoms with Gasteiger partial charge < -0.3 is 15.0 Å². The molecular weight excluding hydrogens is 228 g/mol. The molecule has 0 saturated carbocycles. The van der Waals surface area contributed by atoms with Crippen molar-refractivity contribution in [3.63, 3.8) is 0 Å². The summed E-state index contributed by atoms with van der Waals surface area (Å²) in [6.07, 6.45) is 1.92. The second kappa shape index (κ2) is 6.40. The van der Waals surface area contributed by atoms with Crippen LogP contribution >= 0.6 is 0 Å². The van der Waals surface area contributed by atoms with Crippen molar-refractivity contribution >= 4 is 6.09 Å². The first-order valence-electron chi connectivity index (χ1n) is 6.43. The third-order valence-electron chi connectivity index (χ3n) is 3.26. The topological polar surface area (TPSA) is 41.6 Å². The Labute approximate surface area is 108 Å². The summed E-state index contributed by atoms with van der Waals surface area (Å²) in [7, 11) is 1.91. The quantitative estimate of drug-likeness (QED) is 0.886. The lowest BCUT2D eigenvalue weighted by molar-refractivity contribution is 0.0922. The van der Waals surface area contributed by atoms with Gasteiger partial charge in [-0.15, -0.1) is 0 Å². The van der Waals surface area contributed by atoms with Crippen LogP contribution in [0.15, 0.2) is 30.3 Å². The lowest BCUT2D eigenvalue weighted by Gasteiger charge is -2.23. The SMILES string of the molecule is CNC[C@@H]1CCCN1C(=O)OCc1ccccc1. The number of nitrogens with one attached hydrogen (secondary N) is 1. The van der Waals surface area contributed by atoms with Crippen molar-refractivity contribution in [2.45, 2.75) is 25.5 Å². The third-order valence-corrected chi connectivity index (χ3v) is 3.26. The number of carbonyl (C=O) groups is 1. The monoisotopic (exact) mass is 248 g/mol. The van der Waals surface area contributed by atoms with Gasteiger partial charge in [0.05, 0.1) is 0 Å². The van der Waals surface area contributed by atoms with Gasteiger partial charge in [0, 0.05) is 19.1 Å². The van der Waals surface area contributed by atoms with Crippen LogP contribution in [0.4, 0.5) is 4.79 Å². The van der Waals surface area contributed by atoms with E-state index < -0.39 is 0 Å². The van der Waals surface area contributed by atoms with Gasteiger partial charge in [0.2, 0.25) is 0 Å². The zero-order chi connectivity index (χ0) is 12.8. The minimum absolute atomic E-state index is 0.198. The largest absolute Gasteiger partial charge is 0.445 e. The maximum atomic E-state index is 12.0. The van der Waals surface area contributed by atoms with Gasteiger partial charge in [-0.05, 0) is 25.5 Å². The van der Waals surface area contributed by atoms with E-state index in [9.17, 15) is 4.79 Å². The molecule has 4 nitrogen and oxygen atoms in total. The minimum atomic E-state index is -0.198. The Morgan fingerprint density at radius 1 is 1.44 bits per heavy atom. The van der Waals surface area contributed by atoms with Crippen molar-refractivity contribution in [1.82, 2.24) is 10.2 Å². The number of carbonyl (C=O) groups excluding carboxylic acids is 1. The Hall–Kier alpha value is -1.55. The van der Waals surface area contributed by atoms with Crippen molar-refractivity contribution in [2.24, 2.45) is 0 Å². The standard InChI is InChI=1S/C14H20N2O2/c1-15-10-13-8-5-9-16(13)14(17)18-11-12-6-3-2-4-7-12/h2-4,6-7,13,15H,5,8-11H2,1H3/t13-/m0/s1. The summed E-state index contributed by atoms with van der Waals surface area (Å²) in [5.74, 6) is 0. The number of hydrogen-bond donors (Lipinski definition) is 1. The zero-order valence-electron chi connectivity index (χ0n) is 10.8. The molecule has 0 spiro atoms. The molecule has 18 heavy (non-hydrogen) atoms. The van der Waals surface area contributed by atoms with Crippen molar-refractivity contribution in [2.75, 3.05) is 20.1 Å². The Bertz CT molecular complexity index is 381. The predicted molar refractivity (Wildman–Crippen MR) is 70.3 cm³/mol. The van der Waals surface area contributed by atoms with Gasteiger partial charge in [-0.25, -0.2) is 4.79 Å². The van der Waals surface area contributed by atoms with Crippen molar-refractivity contribution in [1.29, 1.82) is 0 Å². The van der Waals surface area contributed by atoms with Crippen LogP contribution in [0.25, 0.3) is 0 Å². The number of hydrogen-bond acceptors (Lipinski definition) is 3. The molecule has 1 aliphatic rings. The molecular formula is C14H20N2O2. The molecule has 1 N–H and O–H groups in total. The summed E-state index contributed by atoms with van der Waals surface area (Å²) in [5.41, 5.74) is 1.02. The number of nitrogens with zero attached hydrogens (tertiary/aromatic N) is 1.